The molecule has 0 aliphatic rings. The van der Waals surface area contributed by atoms with Crippen molar-refractivity contribution in [1.29, 1.82) is 0 Å². The number of carbonyl (C=O) groups is 1. The molecule has 3 nitrogen and oxygen atoms in total. The first-order chi connectivity index (χ1) is 9.11. The largest absolute Gasteiger partial charge is 0.469 e. The summed E-state index contributed by atoms with van der Waals surface area (Å²) in [5.41, 5.74) is 1.90. The first kappa shape index (κ1) is 13.5. The summed E-state index contributed by atoms with van der Waals surface area (Å²) >= 11 is 0. The molecule has 2 aromatic rings. The van der Waals surface area contributed by atoms with Crippen LogP contribution in [0.4, 0.5) is 0 Å². The van der Waals surface area contributed by atoms with Crippen LogP contribution >= 0.6 is 0 Å². The van der Waals surface area contributed by atoms with Crippen LogP contribution in [0.5, 0.6) is 0 Å². The minimum absolute atomic E-state index is 0.140. The van der Waals surface area contributed by atoms with Crippen LogP contribution in [0, 0.1) is 11.8 Å². The van der Waals surface area contributed by atoms with Crippen molar-refractivity contribution in [2.24, 2.45) is 11.8 Å². The van der Waals surface area contributed by atoms with E-state index in [9.17, 15) is 4.79 Å². The van der Waals surface area contributed by atoms with E-state index in [1.165, 1.54) is 7.11 Å². The maximum Gasteiger partial charge on any atom is 0.309 e. The van der Waals surface area contributed by atoms with E-state index in [0.717, 1.165) is 16.6 Å². The van der Waals surface area contributed by atoms with Gasteiger partial charge in [0, 0.05) is 17.5 Å². The second-order valence-corrected chi connectivity index (χ2v) is 5.07. The molecule has 2 rings (SSSR count). The van der Waals surface area contributed by atoms with Gasteiger partial charge in [0.25, 0.3) is 0 Å². The number of para-hydroxylation sites is 1. The summed E-state index contributed by atoms with van der Waals surface area (Å²) in [6, 6.07) is 12.0. The summed E-state index contributed by atoms with van der Waals surface area (Å²) in [4.78, 5) is 16.4. The van der Waals surface area contributed by atoms with Gasteiger partial charge >= 0.3 is 5.97 Å². The Morgan fingerprint density at radius 1 is 1.21 bits per heavy atom. The number of nitrogens with zero attached hydrogens (tertiary/aromatic N) is 1. The third-order valence-electron chi connectivity index (χ3n) is 3.39. The van der Waals surface area contributed by atoms with E-state index in [4.69, 9.17) is 4.74 Å². The lowest BCUT2D eigenvalue weighted by atomic mass is 9.91. The molecule has 19 heavy (non-hydrogen) atoms. The maximum atomic E-state index is 11.8. The molecule has 0 amide bonds. The molecule has 0 bridgehead atoms. The van der Waals surface area contributed by atoms with Gasteiger partial charge in [0.15, 0.2) is 0 Å². The number of ether oxygens (including phenoxy) is 1. The molecule has 1 aromatic heterocycles. The van der Waals surface area contributed by atoms with Gasteiger partial charge in [-0.25, -0.2) is 0 Å². The third-order valence-corrected chi connectivity index (χ3v) is 3.39. The number of hydrogen-bond acceptors (Lipinski definition) is 3. The summed E-state index contributed by atoms with van der Waals surface area (Å²) in [6.45, 7) is 4.06. The molecule has 1 atom stereocenters. The highest BCUT2D eigenvalue weighted by molar-refractivity contribution is 5.78. The fraction of sp³-hybridized carbons (Fsp3) is 0.375. The lowest BCUT2D eigenvalue weighted by Crippen LogP contribution is -2.24. The zero-order valence-corrected chi connectivity index (χ0v) is 11.6. The van der Waals surface area contributed by atoms with E-state index in [1.807, 2.05) is 50.2 Å². The number of esters is 1. The Labute approximate surface area is 113 Å². The molecule has 0 aliphatic carbocycles. The summed E-state index contributed by atoms with van der Waals surface area (Å²) in [6.07, 6.45) is 0.620. The van der Waals surface area contributed by atoms with Crippen molar-refractivity contribution in [1.82, 2.24) is 4.98 Å². The van der Waals surface area contributed by atoms with Crippen LogP contribution in [0.2, 0.25) is 0 Å². The van der Waals surface area contributed by atoms with Crippen LogP contribution in [-0.2, 0) is 16.0 Å². The topological polar surface area (TPSA) is 39.2 Å². The SMILES string of the molecule is COC(=O)C(Cc1ccc2ccccc2n1)C(C)C. The van der Waals surface area contributed by atoms with Crippen molar-refractivity contribution in [3.8, 4) is 0 Å². The molecule has 1 unspecified atom stereocenters. The lowest BCUT2D eigenvalue weighted by Gasteiger charge is -2.17. The Balaban J connectivity index is 2.26. The minimum Gasteiger partial charge on any atom is -0.469 e. The van der Waals surface area contributed by atoms with E-state index in [2.05, 4.69) is 4.98 Å². The predicted octanol–water partition coefficient (Wildman–Crippen LogP) is 3.22. The molecule has 1 heterocycles. The van der Waals surface area contributed by atoms with Gasteiger partial charge in [-0.1, -0.05) is 38.1 Å². The molecule has 0 radical (unpaired) electrons. The van der Waals surface area contributed by atoms with E-state index < -0.39 is 0 Å². The van der Waals surface area contributed by atoms with E-state index >= 15 is 0 Å². The number of hydrogen-bond donors (Lipinski definition) is 0. The van der Waals surface area contributed by atoms with Crippen LogP contribution in [0.15, 0.2) is 36.4 Å². The van der Waals surface area contributed by atoms with Gasteiger partial charge in [-0.2, -0.15) is 0 Å². The number of benzene rings is 1. The summed E-state index contributed by atoms with van der Waals surface area (Å²) in [7, 11) is 1.44. The maximum absolute atomic E-state index is 11.8. The van der Waals surface area contributed by atoms with Crippen LogP contribution in [0.25, 0.3) is 10.9 Å². The number of aromatic nitrogens is 1. The Morgan fingerprint density at radius 2 is 1.95 bits per heavy atom. The number of methoxy groups -OCH3 is 1. The average molecular weight is 257 g/mol. The Hall–Kier alpha value is -1.90. The molecule has 100 valence electrons. The molecule has 1 aromatic carbocycles. The number of fused-ring (bicyclic) bond motifs is 1. The van der Waals surface area contributed by atoms with Crippen molar-refractivity contribution in [3.63, 3.8) is 0 Å². The average Bonchev–Trinajstić information content (AvgIpc) is 2.43. The highest BCUT2D eigenvalue weighted by atomic mass is 16.5. The molecular weight excluding hydrogens is 238 g/mol. The second-order valence-electron chi connectivity index (χ2n) is 5.07. The van der Waals surface area contributed by atoms with E-state index in [0.29, 0.717) is 6.42 Å². The number of carbonyl (C=O) groups excluding carboxylic acids is 1. The van der Waals surface area contributed by atoms with Gasteiger partial charge in [-0.05, 0) is 18.1 Å². The molecular formula is C16H19NO2. The monoisotopic (exact) mass is 257 g/mol. The fourth-order valence-electron chi connectivity index (χ4n) is 2.19. The predicted molar refractivity (Wildman–Crippen MR) is 75.8 cm³/mol. The smallest absolute Gasteiger partial charge is 0.309 e. The van der Waals surface area contributed by atoms with Gasteiger partial charge in [-0.3, -0.25) is 9.78 Å². The third kappa shape index (κ3) is 3.11. The first-order valence-corrected chi connectivity index (χ1v) is 6.54. The summed E-state index contributed by atoms with van der Waals surface area (Å²) < 4.78 is 4.87. The minimum atomic E-state index is -0.162. The number of pyridine rings is 1. The molecule has 0 N–H and O–H groups in total. The Bertz CT molecular complexity index is 578. The van der Waals surface area contributed by atoms with Gasteiger partial charge in [-0.15, -0.1) is 0 Å². The molecule has 3 heteroatoms. The zero-order chi connectivity index (χ0) is 13.8. The van der Waals surface area contributed by atoms with Gasteiger partial charge in [0.2, 0.25) is 0 Å². The molecule has 0 saturated carbocycles. The normalized spacial score (nSPS) is 12.6. The van der Waals surface area contributed by atoms with Crippen LogP contribution in [0.3, 0.4) is 0 Å². The highest BCUT2D eigenvalue weighted by Gasteiger charge is 2.23. The molecule has 0 fully saturated rings. The van der Waals surface area contributed by atoms with E-state index in [1.54, 1.807) is 0 Å². The lowest BCUT2D eigenvalue weighted by molar-refractivity contribution is -0.147. The van der Waals surface area contributed by atoms with Crippen molar-refractivity contribution in [2.45, 2.75) is 20.3 Å². The quantitative estimate of drug-likeness (QED) is 0.789. The molecule has 0 saturated heterocycles. The van der Waals surface area contributed by atoms with Gasteiger partial charge < -0.3 is 4.74 Å². The fourth-order valence-corrected chi connectivity index (χ4v) is 2.19. The van der Waals surface area contributed by atoms with Crippen LogP contribution in [-0.4, -0.2) is 18.1 Å². The van der Waals surface area contributed by atoms with Crippen LogP contribution in [0.1, 0.15) is 19.5 Å². The van der Waals surface area contributed by atoms with Crippen molar-refractivity contribution in [3.05, 3.63) is 42.1 Å². The summed E-state index contributed by atoms with van der Waals surface area (Å²) in [5.74, 6) is -0.0654. The Morgan fingerprint density at radius 3 is 2.63 bits per heavy atom. The standard InChI is InChI=1S/C16H19NO2/c1-11(2)14(16(18)19-3)10-13-9-8-12-6-4-5-7-15(12)17-13/h4-9,11,14H,10H2,1-3H3. The highest BCUT2D eigenvalue weighted by Crippen LogP contribution is 2.20. The van der Waals surface area contributed by atoms with Crippen molar-refractivity contribution < 1.29 is 9.53 Å². The van der Waals surface area contributed by atoms with Crippen molar-refractivity contribution in [2.75, 3.05) is 7.11 Å². The van der Waals surface area contributed by atoms with Crippen molar-refractivity contribution >= 4 is 16.9 Å². The molecule has 0 spiro atoms. The molecule has 0 aliphatic heterocycles. The van der Waals surface area contributed by atoms with Crippen LogP contribution < -0.4 is 0 Å². The number of rotatable bonds is 4. The van der Waals surface area contributed by atoms with E-state index in [-0.39, 0.29) is 17.8 Å². The van der Waals surface area contributed by atoms with Gasteiger partial charge in [0.05, 0.1) is 18.5 Å². The zero-order valence-electron chi connectivity index (χ0n) is 11.6. The summed E-state index contributed by atoms with van der Waals surface area (Å²) in [5, 5.41) is 1.12. The van der Waals surface area contributed by atoms with Gasteiger partial charge in [0.1, 0.15) is 0 Å². The Kier molecular flexibility index (Phi) is 4.15. The second kappa shape index (κ2) is 5.83. The first-order valence-electron chi connectivity index (χ1n) is 6.54.